The molecule has 0 unspecified atom stereocenters. The normalized spacial score (nSPS) is 10.3. The second kappa shape index (κ2) is 5.76. The smallest absolute Gasteiger partial charge is 0.336 e. The van der Waals surface area contributed by atoms with Crippen LogP contribution in [0.2, 0.25) is 0 Å². The highest BCUT2D eigenvalue weighted by molar-refractivity contribution is 7.99. The van der Waals surface area contributed by atoms with Crippen LogP contribution in [0, 0.1) is 0 Å². The Morgan fingerprint density at radius 3 is 1.52 bits per heavy atom. The molecule has 7 heteroatoms. The minimum absolute atomic E-state index is 0.0214. The number of benzene rings is 2. The lowest BCUT2D eigenvalue weighted by Gasteiger charge is -2.09. The second-order valence-corrected chi connectivity index (χ2v) is 5.31. The fourth-order valence-electron chi connectivity index (χ4n) is 1.73. The van der Waals surface area contributed by atoms with E-state index in [0.29, 0.717) is 21.2 Å². The molecule has 0 bridgehead atoms. The fraction of sp³-hybridized carbons (Fsp3) is 0. The van der Waals surface area contributed by atoms with Crippen LogP contribution in [0.1, 0.15) is 20.7 Å². The van der Waals surface area contributed by atoms with E-state index in [1.165, 1.54) is 12.1 Å². The number of aromatic carboxylic acids is 2. The number of carboxylic acids is 2. The Morgan fingerprint density at radius 2 is 1.19 bits per heavy atom. The average molecular weight is 304 g/mol. The zero-order valence-corrected chi connectivity index (χ0v) is 11.6. The number of nitrogen functional groups attached to an aromatic ring is 2. The zero-order chi connectivity index (χ0) is 15.6. The van der Waals surface area contributed by atoms with Gasteiger partial charge in [-0.1, -0.05) is 11.8 Å². The van der Waals surface area contributed by atoms with Crippen LogP contribution in [0.15, 0.2) is 46.2 Å². The summed E-state index contributed by atoms with van der Waals surface area (Å²) < 4.78 is 0. The fourth-order valence-corrected chi connectivity index (χ4v) is 2.75. The van der Waals surface area contributed by atoms with E-state index < -0.39 is 11.9 Å². The van der Waals surface area contributed by atoms with Crippen LogP contribution in [0.3, 0.4) is 0 Å². The number of nitrogens with two attached hydrogens (primary N) is 2. The number of carboxylic acid groups (broad SMARTS) is 2. The summed E-state index contributed by atoms with van der Waals surface area (Å²) in [5, 5.41) is 18.4. The molecule has 6 nitrogen and oxygen atoms in total. The molecule has 2 aromatic carbocycles. The van der Waals surface area contributed by atoms with Gasteiger partial charge in [0.25, 0.3) is 0 Å². The standard InChI is InChI=1S/C14H12N2O4S/c15-7-1-3-11(9(5-7)13(17)18)21-12-4-2-8(16)6-10(12)14(19)20/h1-6H,15-16H2,(H,17,18)(H,19,20). The van der Waals surface area contributed by atoms with Crippen molar-refractivity contribution >= 4 is 35.1 Å². The summed E-state index contributed by atoms with van der Waals surface area (Å²) in [5.74, 6) is -2.26. The van der Waals surface area contributed by atoms with Crippen LogP contribution >= 0.6 is 11.8 Å². The molecule has 0 aliphatic rings. The molecule has 0 atom stereocenters. The first kappa shape index (κ1) is 14.7. The first-order valence-electron chi connectivity index (χ1n) is 5.82. The van der Waals surface area contributed by atoms with Crippen LogP contribution < -0.4 is 11.5 Å². The molecule has 0 fully saturated rings. The highest BCUT2D eigenvalue weighted by atomic mass is 32.2. The molecule has 0 amide bonds. The van der Waals surface area contributed by atoms with Gasteiger partial charge in [0.1, 0.15) is 0 Å². The number of carbonyl (C=O) groups is 2. The van der Waals surface area contributed by atoms with Crippen molar-refractivity contribution in [3.05, 3.63) is 47.5 Å². The topological polar surface area (TPSA) is 127 Å². The van der Waals surface area contributed by atoms with Gasteiger partial charge in [0.15, 0.2) is 0 Å². The van der Waals surface area contributed by atoms with Gasteiger partial charge < -0.3 is 21.7 Å². The summed E-state index contributed by atoms with van der Waals surface area (Å²) in [6, 6.07) is 8.89. The molecule has 0 radical (unpaired) electrons. The van der Waals surface area contributed by atoms with Gasteiger partial charge >= 0.3 is 11.9 Å². The minimum atomic E-state index is -1.13. The van der Waals surface area contributed by atoms with E-state index >= 15 is 0 Å². The Balaban J connectivity index is 2.48. The highest BCUT2D eigenvalue weighted by Gasteiger charge is 2.16. The molecule has 2 aromatic rings. The van der Waals surface area contributed by atoms with Gasteiger partial charge in [-0.05, 0) is 36.4 Å². The van der Waals surface area contributed by atoms with Crippen molar-refractivity contribution in [1.29, 1.82) is 0 Å². The van der Waals surface area contributed by atoms with Crippen molar-refractivity contribution in [2.24, 2.45) is 0 Å². The summed E-state index contributed by atoms with van der Waals surface area (Å²) in [5.41, 5.74) is 11.8. The maximum Gasteiger partial charge on any atom is 0.336 e. The van der Waals surface area contributed by atoms with Gasteiger partial charge in [-0.25, -0.2) is 9.59 Å². The van der Waals surface area contributed by atoms with Gasteiger partial charge in [0.05, 0.1) is 11.1 Å². The molecule has 0 aliphatic heterocycles. The number of hydrogen-bond acceptors (Lipinski definition) is 5. The van der Waals surface area contributed by atoms with Crippen molar-refractivity contribution in [2.45, 2.75) is 9.79 Å². The van der Waals surface area contributed by atoms with E-state index in [1.54, 1.807) is 24.3 Å². The summed E-state index contributed by atoms with van der Waals surface area (Å²) in [6.07, 6.45) is 0. The molecule has 0 aliphatic carbocycles. The van der Waals surface area contributed by atoms with Crippen LogP contribution in [0.5, 0.6) is 0 Å². The van der Waals surface area contributed by atoms with Crippen molar-refractivity contribution in [2.75, 3.05) is 11.5 Å². The highest BCUT2D eigenvalue weighted by Crippen LogP contribution is 2.34. The van der Waals surface area contributed by atoms with E-state index in [1.807, 2.05) is 0 Å². The van der Waals surface area contributed by atoms with Crippen LogP contribution in [0.4, 0.5) is 11.4 Å². The largest absolute Gasteiger partial charge is 0.478 e. The van der Waals surface area contributed by atoms with Crippen LogP contribution in [-0.2, 0) is 0 Å². The van der Waals surface area contributed by atoms with E-state index in [9.17, 15) is 19.8 Å². The first-order valence-corrected chi connectivity index (χ1v) is 6.63. The quantitative estimate of drug-likeness (QED) is 0.639. The molecular formula is C14H12N2O4S. The molecule has 0 aromatic heterocycles. The third-order valence-corrected chi connectivity index (χ3v) is 3.84. The van der Waals surface area contributed by atoms with Crippen molar-refractivity contribution in [1.82, 2.24) is 0 Å². The monoisotopic (exact) mass is 304 g/mol. The lowest BCUT2D eigenvalue weighted by molar-refractivity contribution is 0.0683. The number of rotatable bonds is 4. The van der Waals surface area contributed by atoms with E-state index in [4.69, 9.17) is 11.5 Å². The van der Waals surface area contributed by atoms with Gasteiger partial charge in [-0.2, -0.15) is 0 Å². The molecule has 0 saturated carbocycles. The van der Waals surface area contributed by atoms with E-state index in [0.717, 1.165) is 11.8 Å². The summed E-state index contributed by atoms with van der Waals surface area (Å²) in [7, 11) is 0. The lowest BCUT2D eigenvalue weighted by atomic mass is 10.2. The Kier molecular flexibility index (Phi) is 4.04. The van der Waals surface area contributed by atoms with Crippen LogP contribution in [-0.4, -0.2) is 22.2 Å². The van der Waals surface area contributed by atoms with Crippen molar-refractivity contribution in [3.8, 4) is 0 Å². The Bertz CT molecular complexity index is 669. The van der Waals surface area contributed by atoms with E-state index in [-0.39, 0.29) is 11.1 Å². The molecular weight excluding hydrogens is 292 g/mol. The van der Waals surface area contributed by atoms with Crippen LogP contribution in [0.25, 0.3) is 0 Å². The SMILES string of the molecule is Nc1ccc(Sc2ccc(N)cc2C(=O)O)c(C(=O)O)c1. The summed E-state index contributed by atoms with van der Waals surface area (Å²) in [6.45, 7) is 0. The predicted molar refractivity (Wildman–Crippen MR) is 79.8 cm³/mol. The lowest BCUT2D eigenvalue weighted by Crippen LogP contribution is -2.03. The van der Waals surface area contributed by atoms with Gasteiger partial charge in [-0.3, -0.25) is 0 Å². The molecule has 0 saturated heterocycles. The van der Waals surface area contributed by atoms with Gasteiger partial charge in [0, 0.05) is 21.2 Å². The molecule has 6 N–H and O–H groups in total. The Labute approximate surface area is 124 Å². The van der Waals surface area contributed by atoms with E-state index in [2.05, 4.69) is 0 Å². The molecule has 108 valence electrons. The first-order chi connectivity index (χ1) is 9.88. The third kappa shape index (κ3) is 3.26. The number of hydrogen-bond donors (Lipinski definition) is 4. The zero-order valence-electron chi connectivity index (χ0n) is 10.7. The molecule has 21 heavy (non-hydrogen) atoms. The Morgan fingerprint density at radius 1 is 0.810 bits per heavy atom. The maximum atomic E-state index is 11.2. The molecule has 0 spiro atoms. The van der Waals surface area contributed by atoms with Gasteiger partial charge in [-0.15, -0.1) is 0 Å². The maximum absolute atomic E-state index is 11.2. The Hall–Kier alpha value is -2.67. The third-order valence-electron chi connectivity index (χ3n) is 2.69. The predicted octanol–water partition coefficient (Wildman–Crippen LogP) is 2.40. The minimum Gasteiger partial charge on any atom is -0.478 e. The molecule has 0 heterocycles. The average Bonchev–Trinajstić information content (AvgIpc) is 2.42. The summed E-state index contributed by atoms with van der Waals surface area (Å²) >= 11 is 1.04. The second-order valence-electron chi connectivity index (χ2n) is 4.22. The van der Waals surface area contributed by atoms with Crippen molar-refractivity contribution in [3.63, 3.8) is 0 Å². The molecule has 2 rings (SSSR count). The van der Waals surface area contributed by atoms with Crippen molar-refractivity contribution < 1.29 is 19.8 Å². The number of anilines is 2. The van der Waals surface area contributed by atoms with Gasteiger partial charge in [0.2, 0.25) is 0 Å². The summed E-state index contributed by atoms with van der Waals surface area (Å²) in [4.78, 5) is 23.3.